The van der Waals surface area contributed by atoms with Crippen LogP contribution in [0.1, 0.15) is 16.1 Å². The first-order valence-electron chi connectivity index (χ1n) is 8.53. The molecule has 0 radical (unpaired) electrons. The normalized spacial score (nSPS) is 10.3. The number of rotatable bonds is 6. The van der Waals surface area contributed by atoms with E-state index in [-0.39, 0.29) is 11.6 Å². The number of aryl methyl sites for hydroxylation is 1. The molecule has 1 heterocycles. The van der Waals surface area contributed by atoms with Crippen molar-refractivity contribution in [1.82, 2.24) is 4.98 Å². The standard InChI is InChI=1S/C21H20ClN3O3/c1-13-10-14(22)4-6-17(13)24-15-8-9-23-19(11-15)21(26)25-18-7-5-16(27-2)12-20(18)28-3/h4-12H,1-3H3,(H,23,24)(H,25,26). The first kappa shape index (κ1) is 19.5. The largest absolute Gasteiger partial charge is 0.497 e. The molecule has 0 spiro atoms. The highest BCUT2D eigenvalue weighted by Gasteiger charge is 2.13. The average molecular weight is 398 g/mol. The predicted molar refractivity (Wildman–Crippen MR) is 111 cm³/mol. The lowest BCUT2D eigenvalue weighted by Gasteiger charge is -2.13. The minimum atomic E-state index is -0.347. The van der Waals surface area contributed by atoms with Crippen molar-refractivity contribution in [2.75, 3.05) is 24.9 Å². The second-order valence-corrected chi connectivity index (χ2v) is 6.47. The van der Waals surface area contributed by atoms with Crippen LogP contribution in [0.2, 0.25) is 5.02 Å². The summed E-state index contributed by atoms with van der Waals surface area (Å²) in [4.78, 5) is 16.8. The van der Waals surface area contributed by atoms with Gasteiger partial charge in [0.1, 0.15) is 17.2 Å². The van der Waals surface area contributed by atoms with E-state index < -0.39 is 0 Å². The molecule has 2 N–H and O–H groups in total. The highest BCUT2D eigenvalue weighted by atomic mass is 35.5. The first-order chi connectivity index (χ1) is 13.5. The maximum Gasteiger partial charge on any atom is 0.274 e. The Morgan fingerprint density at radius 1 is 1.00 bits per heavy atom. The van der Waals surface area contributed by atoms with Crippen molar-refractivity contribution < 1.29 is 14.3 Å². The number of anilines is 3. The first-order valence-corrected chi connectivity index (χ1v) is 8.90. The van der Waals surface area contributed by atoms with Crippen LogP contribution in [-0.4, -0.2) is 25.1 Å². The van der Waals surface area contributed by atoms with Crippen molar-refractivity contribution in [3.8, 4) is 11.5 Å². The van der Waals surface area contributed by atoms with Crippen LogP contribution in [0.25, 0.3) is 0 Å². The van der Waals surface area contributed by atoms with Gasteiger partial charge in [0.2, 0.25) is 0 Å². The lowest BCUT2D eigenvalue weighted by Crippen LogP contribution is -2.14. The predicted octanol–water partition coefficient (Wildman–Crippen LogP) is 5.06. The number of nitrogens with zero attached hydrogens (tertiary/aromatic N) is 1. The van der Waals surface area contributed by atoms with Gasteiger partial charge in [-0.25, -0.2) is 0 Å². The summed E-state index contributed by atoms with van der Waals surface area (Å²) in [6, 6.07) is 14.2. The van der Waals surface area contributed by atoms with E-state index in [1.807, 2.05) is 25.1 Å². The van der Waals surface area contributed by atoms with Crippen molar-refractivity contribution in [1.29, 1.82) is 0 Å². The van der Waals surface area contributed by atoms with Crippen LogP contribution >= 0.6 is 11.6 Å². The summed E-state index contributed by atoms with van der Waals surface area (Å²) in [5, 5.41) is 6.76. The number of ether oxygens (including phenoxy) is 2. The Kier molecular flexibility index (Phi) is 6.01. The highest BCUT2D eigenvalue weighted by molar-refractivity contribution is 6.30. The molecule has 7 heteroatoms. The van der Waals surface area contributed by atoms with Crippen LogP contribution in [0.15, 0.2) is 54.7 Å². The lowest BCUT2D eigenvalue weighted by atomic mass is 10.2. The van der Waals surface area contributed by atoms with E-state index in [1.165, 1.54) is 7.11 Å². The molecule has 3 aromatic rings. The van der Waals surface area contributed by atoms with Crippen LogP contribution in [0.5, 0.6) is 11.5 Å². The van der Waals surface area contributed by atoms with Crippen molar-refractivity contribution in [2.45, 2.75) is 6.92 Å². The summed E-state index contributed by atoms with van der Waals surface area (Å²) in [6.45, 7) is 1.96. The maximum absolute atomic E-state index is 12.6. The van der Waals surface area contributed by atoms with Gasteiger partial charge in [-0.15, -0.1) is 0 Å². The highest BCUT2D eigenvalue weighted by Crippen LogP contribution is 2.29. The second kappa shape index (κ2) is 8.63. The molecule has 0 aliphatic carbocycles. The molecule has 0 saturated carbocycles. The summed E-state index contributed by atoms with van der Waals surface area (Å²) < 4.78 is 10.5. The molecule has 0 saturated heterocycles. The van der Waals surface area contributed by atoms with Gasteiger partial charge in [0, 0.05) is 28.7 Å². The summed E-state index contributed by atoms with van der Waals surface area (Å²) >= 11 is 6.00. The van der Waals surface area contributed by atoms with Crippen molar-refractivity contribution >= 4 is 34.6 Å². The molecule has 0 aliphatic rings. The zero-order chi connectivity index (χ0) is 20.1. The SMILES string of the molecule is COc1ccc(NC(=O)c2cc(Nc3ccc(Cl)cc3C)ccn2)c(OC)c1. The van der Waals surface area contributed by atoms with Gasteiger partial charge in [0.15, 0.2) is 0 Å². The number of halogens is 1. The molecule has 1 aromatic heterocycles. The van der Waals surface area contributed by atoms with E-state index >= 15 is 0 Å². The number of methoxy groups -OCH3 is 2. The summed E-state index contributed by atoms with van der Waals surface area (Å²) in [5.41, 5.74) is 3.45. The van der Waals surface area contributed by atoms with Crippen LogP contribution in [0.3, 0.4) is 0 Å². The van der Waals surface area contributed by atoms with Gasteiger partial charge in [0.05, 0.1) is 19.9 Å². The molecule has 6 nitrogen and oxygen atoms in total. The molecular formula is C21H20ClN3O3. The van der Waals surface area contributed by atoms with E-state index in [2.05, 4.69) is 15.6 Å². The van der Waals surface area contributed by atoms with Gasteiger partial charge >= 0.3 is 0 Å². The third kappa shape index (κ3) is 4.53. The fourth-order valence-electron chi connectivity index (χ4n) is 2.64. The molecule has 28 heavy (non-hydrogen) atoms. The minimum absolute atomic E-state index is 0.273. The zero-order valence-electron chi connectivity index (χ0n) is 15.7. The van der Waals surface area contributed by atoms with Gasteiger partial charge in [-0.1, -0.05) is 11.6 Å². The zero-order valence-corrected chi connectivity index (χ0v) is 16.5. The van der Waals surface area contributed by atoms with Gasteiger partial charge in [0.25, 0.3) is 5.91 Å². The van der Waals surface area contributed by atoms with Crippen LogP contribution in [-0.2, 0) is 0 Å². The fourth-order valence-corrected chi connectivity index (χ4v) is 2.87. The molecule has 0 bridgehead atoms. The molecular weight excluding hydrogens is 378 g/mol. The number of carbonyl (C=O) groups is 1. The van der Waals surface area contributed by atoms with Crippen LogP contribution < -0.4 is 20.1 Å². The van der Waals surface area contributed by atoms with Crippen molar-refractivity contribution in [3.63, 3.8) is 0 Å². The number of benzene rings is 2. The Hall–Kier alpha value is -3.25. The Labute approximate surface area is 168 Å². The second-order valence-electron chi connectivity index (χ2n) is 6.03. The lowest BCUT2D eigenvalue weighted by molar-refractivity contribution is 0.102. The Morgan fingerprint density at radius 2 is 1.79 bits per heavy atom. The number of pyridine rings is 1. The van der Waals surface area contributed by atoms with Gasteiger partial charge in [-0.05, 0) is 55.0 Å². The molecule has 0 atom stereocenters. The topological polar surface area (TPSA) is 72.5 Å². The van der Waals surface area contributed by atoms with Crippen LogP contribution in [0, 0.1) is 6.92 Å². The number of amides is 1. The van der Waals surface area contributed by atoms with Gasteiger partial charge in [-0.3, -0.25) is 9.78 Å². The van der Waals surface area contributed by atoms with E-state index in [0.717, 1.165) is 16.9 Å². The van der Waals surface area contributed by atoms with E-state index in [1.54, 1.807) is 43.6 Å². The van der Waals surface area contributed by atoms with Gasteiger partial charge in [-0.2, -0.15) is 0 Å². The molecule has 0 unspecified atom stereocenters. The summed E-state index contributed by atoms with van der Waals surface area (Å²) in [5.74, 6) is 0.788. The third-order valence-corrected chi connectivity index (χ3v) is 4.35. The number of hydrogen-bond donors (Lipinski definition) is 2. The maximum atomic E-state index is 12.6. The monoisotopic (exact) mass is 397 g/mol. The van der Waals surface area contributed by atoms with E-state index in [4.69, 9.17) is 21.1 Å². The van der Waals surface area contributed by atoms with Crippen molar-refractivity contribution in [3.05, 3.63) is 71.0 Å². The number of carbonyl (C=O) groups excluding carboxylic acids is 1. The molecule has 144 valence electrons. The van der Waals surface area contributed by atoms with Crippen molar-refractivity contribution in [2.24, 2.45) is 0 Å². The smallest absolute Gasteiger partial charge is 0.274 e. The molecule has 3 rings (SSSR count). The number of hydrogen-bond acceptors (Lipinski definition) is 5. The molecule has 2 aromatic carbocycles. The molecule has 0 fully saturated rings. The Morgan fingerprint density at radius 3 is 2.50 bits per heavy atom. The number of aromatic nitrogens is 1. The third-order valence-electron chi connectivity index (χ3n) is 4.12. The van der Waals surface area contributed by atoms with E-state index in [9.17, 15) is 4.79 Å². The fraction of sp³-hybridized carbons (Fsp3) is 0.143. The Bertz CT molecular complexity index is 1010. The number of nitrogens with one attached hydrogen (secondary N) is 2. The van der Waals surface area contributed by atoms with Gasteiger partial charge < -0.3 is 20.1 Å². The molecule has 1 amide bonds. The summed E-state index contributed by atoms with van der Waals surface area (Å²) in [6.07, 6.45) is 1.58. The quantitative estimate of drug-likeness (QED) is 0.608. The minimum Gasteiger partial charge on any atom is -0.497 e. The van der Waals surface area contributed by atoms with E-state index in [0.29, 0.717) is 22.2 Å². The Balaban J connectivity index is 1.79. The average Bonchev–Trinajstić information content (AvgIpc) is 2.70. The molecule has 0 aliphatic heterocycles. The van der Waals surface area contributed by atoms with Crippen LogP contribution in [0.4, 0.5) is 17.1 Å². The summed E-state index contributed by atoms with van der Waals surface area (Å²) in [7, 11) is 3.10.